The molecular weight excluding hydrogens is 94.0 g/mol. The summed E-state index contributed by atoms with van der Waals surface area (Å²) in [5.74, 6) is 0. The topological polar surface area (TPSA) is 52.1 Å². The van der Waals surface area contributed by atoms with Crippen molar-refractivity contribution in [3.8, 4) is 0 Å². The molecule has 0 rings (SSSR count). The van der Waals surface area contributed by atoms with Crippen LogP contribution in [-0.4, -0.2) is 6.79 Å². The third-order valence-corrected chi connectivity index (χ3v) is 0. The van der Waals surface area contributed by atoms with E-state index < -0.39 is 0 Å². The van der Waals surface area contributed by atoms with Crippen LogP contribution in [-0.2, 0) is 4.79 Å². The quantitative estimate of drug-likeness (QED) is 0.488. The van der Waals surface area contributed by atoms with Crippen LogP contribution < -0.4 is 6.15 Å². The van der Waals surface area contributed by atoms with Crippen LogP contribution in [0.25, 0.3) is 0 Å². The molecule has 2 nitrogen and oxygen atoms in total. The number of hydrogen-bond acceptors (Lipinski definition) is 2. The molecule has 0 aromatic rings. The van der Waals surface area contributed by atoms with E-state index in [9.17, 15) is 0 Å². The van der Waals surface area contributed by atoms with Gasteiger partial charge in [0.05, 0.1) is 0 Å². The largest absolute Gasteiger partial charge is 0.344 e. The van der Waals surface area contributed by atoms with Gasteiger partial charge in [0.1, 0.15) is 6.79 Å². The van der Waals surface area contributed by atoms with Gasteiger partial charge in [0.2, 0.25) is 0 Å². The maximum Gasteiger partial charge on any atom is 0.106 e. The summed E-state index contributed by atoms with van der Waals surface area (Å²) in [6.45, 7) is 2.00. The summed E-state index contributed by atoms with van der Waals surface area (Å²) in [5, 5.41) is 0. The fourth-order valence-corrected chi connectivity index (χ4v) is 0. The summed E-state index contributed by atoms with van der Waals surface area (Å²) >= 11 is 0. The van der Waals surface area contributed by atoms with E-state index in [1.54, 1.807) is 0 Å². The van der Waals surface area contributed by atoms with Gasteiger partial charge in [0, 0.05) is 37.7 Å². The maximum absolute atomic E-state index is 8.00. The number of carbonyl (C=O) groups is 1. The fourth-order valence-electron chi connectivity index (χ4n) is 0. The molecule has 0 radical (unpaired) electrons. The van der Waals surface area contributed by atoms with Gasteiger partial charge in [0.25, 0.3) is 0 Å². The Balaban J connectivity index is -0.00000000167. The van der Waals surface area contributed by atoms with Gasteiger partial charge in [0.15, 0.2) is 0 Å². The molecule has 3 N–H and O–H groups in total. The zero-order valence-electron chi connectivity index (χ0n) is 2.18. The molecule has 36 valence electrons. The smallest absolute Gasteiger partial charge is 0.106 e. The third-order valence-electron chi connectivity index (χ3n) is 0. The van der Waals surface area contributed by atoms with Crippen molar-refractivity contribution in [1.29, 1.82) is 0 Å². The van der Waals surface area contributed by atoms with Crippen LogP contribution in [0.1, 0.15) is 7.43 Å². The van der Waals surface area contributed by atoms with Gasteiger partial charge >= 0.3 is 0 Å². The van der Waals surface area contributed by atoms with Gasteiger partial charge in [-0.2, -0.15) is 0 Å². The van der Waals surface area contributed by atoms with Crippen LogP contribution in [0.5, 0.6) is 0 Å². The second kappa shape index (κ2) is 93.5. The van der Waals surface area contributed by atoms with Crippen LogP contribution in [0.3, 0.4) is 0 Å². The minimum absolute atomic E-state index is 0. The normalized spacial score (nSPS) is 0.800. The molecule has 0 aromatic heterocycles. The molecule has 0 aliphatic carbocycles. The summed E-state index contributed by atoms with van der Waals surface area (Å²) in [7, 11) is 0. The Bertz CT molecular complexity index is 9.61. The number of rotatable bonds is 0. The first-order chi connectivity index (χ1) is 1.00. The van der Waals surface area contributed by atoms with Crippen molar-refractivity contribution in [2.45, 2.75) is 7.43 Å². The molecule has 0 aliphatic heterocycles. The summed E-state index contributed by atoms with van der Waals surface area (Å²) in [6.07, 6.45) is 0. The first-order valence-electron chi connectivity index (χ1n) is 0.289. The van der Waals surface area contributed by atoms with E-state index in [4.69, 9.17) is 4.79 Å². The van der Waals surface area contributed by atoms with E-state index in [1.807, 2.05) is 6.79 Å². The molecule has 3 heteroatoms. The fraction of sp³-hybridized carbons (Fsp3) is 0.500. The van der Waals surface area contributed by atoms with Gasteiger partial charge in [-0.05, 0) is 0 Å². The molecule has 0 spiro atoms. The van der Waals surface area contributed by atoms with Crippen molar-refractivity contribution in [2.75, 3.05) is 0 Å². The Hall–Kier alpha value is 0.890. The molecule has 0 fully saturated rings. The van der Waals surface area contributed by atoms with Crippen molar-refractivity contribution in [2.24, 2.45) is 0 Å². The van der Waals surface area contributed by atoms with Gasteiger partial charge < -0.3 is 10.9 Å². The molecule has 0 amide bonds. The average molecular weight is 103 g/mol. The van der Waals surface area contributed by atoms with Crippen molar-refractivity contribution in [3.05, 3.63) is 0 Å². The second-order valence-corrected chi connectivity index (χ2v) is 0. The van der Waals surface area contributed by atoms with E-state index in [0.717, 1.165) is 0 Å². The van der Waals surface area contributed by atoms with Crippen molar-refractivity contribution in [1.82, 2.24) is 6.15 Å². The van der Waals surface area contributed by atoms with Crippen LogP contribution in [0, 0.1) is 37.7 Å². The molecular formula is C2H9ArNO. The molecule has 0 atom stereocenters. The molecule has 0 unspecified atom stereocenters. The molecule has 0 aromatic carbocycles. The monoisotopic (exact) mass is 103 g/mol. The maximum atomic E-state index is 8.00. The molecule has 5 heavy (non-hydrogen) atoms. The Morgan fingerprint density at radius 1 is 1.20 bits per heavy atom. The van der Waals surface area contributed by atoms with Gasteiger partial charge in [-0.25, -0.2) is 0 Å². The predicted octanol–water partition coefficient (Wildman–Crippen LogP) is 0.613. The Morgan fingerprint density at radius 3 is 1.20 bits per heavy atom. The van der Waals surface area contributed by atoms with Gasteiger partial charge in [-0.1, -0.05) is 7.43 Å². The van der Waals surface area contributed by atoms with E-state index >= 15 is 0 Å². The predicted molar refractivity (Wildman–Crippen MR) is 18.9 cm³/mol. The first-order valence-corrected chi connectivity index (χ1v) is 0.289. The third kappa shape index (κ3) is 51.6. The Morgan fingerprint density at radius 2 is 1.20 bits per heavy atom. The van der Waals surface area contributed by atoms with E-state index in [-0.39, 0.29) is 51.3 Å². The first kappa shape index (κ1) is 39.4. The van der Waals surface area contributed by atoms with E-state index in [1.165, 1.54) is 0 Å². The van der Waals surface area contributed by atoms with Gasteiger partial charge in [-0.15, -0.1) is 0 Å². The molecule has 0 saturated heterocycles. The van der Waals surface area contributed by atoms with Crippen LogP contribution in [0.15, 0.2) is 0 Å². The molecule has 0 saturated carbocycles. The Kier molecular flexibility index (Phi) is 737. The van der Waals surface area contributed by atoms with E-state index in [0.29, 0.717) is 0 Å². The van der Waals surface area contributed by atoms with Crippen molar-refractivity contribution in [3.63, 3.8) is 0 Å². The minimum atomic E-state index is 0. The standard InChI is InChI=1S/CH2O.CH4.Ar.H3N/c1-2;;;/h1H2;1H4;;1H3. The van der Waals surface area contributed by atoms with Gasteiger partial charge in [-0.3, -0.25) is 0 Å². The zero-order valence-corrected chi connectivity index (χ0v) is 2.88. The molecule has 0 bridgehead atoms. The van der Waals surface area contributed by atoms with Crippen LogP contribution in [0.2, 0.25) is 0 Å². The minimum Gasteiger partial charge on any atom is -0.344 e. The van der Waals surface area contributed by atoms with Crippen LogP contribution in [0.4, 0.5) is 0 Å². The van der Waals surface area contributed by atoms with Crippen LogP contribution >= 0.6 is 0 Å². The van der Waals surface area contributed by atoms with Crippen molar-refractivity contribution < 1.29 is 42.5 Å². The summed E-state index contributed by atoms with van der Waals surface area (Å²) in [6, 6.07) is 0. The zero-order chi connectivity index (χ0) is 2.00. The average Bonchev–Trinajstić information content (AvgIpc) is 1.00. The van der Waals surface area contributed by atoms with Crippen molar-refractivity contribution >= 4 is 6.79 Å². The SMILES string of the molecule is C.C=O.N.[Ar]. The Labute approximate surface area is 62.5 Å². The van der Waals surface area contributed by atoms with E-state index in [2.05, 4.69) is 0 Å². The second-order valence-electron chi connectivity index (χ2n) is 0. The summed E-state index contributed by atoms with van der Waals surface area (Å²) in [5.41, 5.74) is 0. The number of hydrogen-bond donors (Lipinski definition) is 1. The molecule has 0 heterocycles. The molecule has 0 aliphatic rings. The summed E-state index contributed by atoms with van der Waals surface area (Å²) in [4.78, 5) is 8.00. The number of carbonyl (C=O) groups excluding carboxylic acids is 1. The summed E-state index contributed by atoms with van der Waals surface area (Å²) < 4.78 is 0.